The van der Waals surface area contributed by atoms with Gasteiger partial charge in [0.05, 0.1) is 12.8 Å². The highest BCUT2D eigenvalue weighted by atomic mass is 16.4. The number of carbonyl (C=O) groups is 1. The van der Waals surface area contributed by atoms with E-state index in [1.807, 2.05) is 11.6 Å². The zero-order valence-corrected chi connectivity index (χ0v) is 9.33. The Bertz CT molecular complexity index is 490. The van der Waals surface area contributed by atoms with Crippen LogP contribution in [0.4, 0.5) is 0 Å². The van der Waals surface area contributed by atoms with Crippen molar-refractivity contribution in [1.29, 1.82) is 0 Å². The Morgan fingerprint density at radius 3 is 3.06 bits per heavy atom. The van der Waals surface area contributed by atoms with Gasteiger partial charge in [-0.25, -0.2) is 4.98 Å². The molecule has 0 bridgehead atoms. The SMILES string of the molecule is Cn1ccnc1C(NCC(=O)O)c1ccco1. The number of nitrogens with zero attached hydrogens (tertiary/aromatic N) is 2. The van der Waals surface area contributed by atoms with Crippen LogP contribution in [0.3, 0.4) is 0 Å². The van der Waals surface area contributed by atoms with Crippen molar-refractivity contribution < 1.29 is 14.3 Å². The second-order valence-electron chi connectivity index (χ2n) is 3.62. The first-order valence-corrected chi connectivity index (χ1v) is 5.14. The predicted octanol–water partition coefficient (Wildman–Crippen LogP) is 0.777. The van der Waals surface area contributed by atoms with E-state index in [1.54, 1.807) is 30.8 Å². The van der Waals surface area contributed by atoms with E-state index in [0.29, 0.717) is 11.6 Å². The van der Waals surface area contributed by atoms with E-state index < -0.39 is 5.97 Å². The number of carboxylic acids is 1. The van der Waals surface area contributed by atoms with Gasteiger partial charge < -0.3 is 14.1 Å². The predicted molar refractivity (Wildman–Crippen MR) is 59.4 cm³/mol. The number of carboxylic acid groups (broad SMARTS) is 1. The van der Waals surface area contributed by atoms with Crippen molar-refractivity contribution in [3.05, 3.63) is 42.4 Å². The van der Waals surface area contributed by atoms with Crippen molar-refractivity contribution in [2.24, 2.45) is 7.05 Å². The number of aryl methyl sites for hydroxylation is 1. The Morgan fingerprint density at radius 1 is 1.71 bits per heavy atom. The number of aliphatic carboxylic acids is 1. The van der Waals surface area contributed by atoms with Gasteiger partial charge in [-0.15, -0.1) is 0 Å². The molecule has 0 aliphatic rings. The third-order valence-electron chi connectivity index (χ3n) is 2.40. The normalized spacial score (nSPS) is 12.5. The van der Waals surface area contributed by atoms with E-state index in [-0.39, 0.29) is 12.6 Å². The molecule has 2 N–H and O–H groups in total. The Hall–Kier alpha value is -2.08. The smallest absolute Gasteiger partial charge is 0.317 e. The summed E-state index contributed by atoms with van der Waals surface area (Å²) < 4.78 is 7.12. The number of hydrogen-bond donors (Lipinski definition) is 2. The van der Waals surface area contributed by atoms with Gasteiger partial charge in [0.25, 0.3) is 0 Å². The maximum Gasteiger partial charge on any atom is 0.317 e. The summed E-state index contributed by atoms with van der Waals surface area (Å²) in [7, 11) is 1.85. The van der Waals surface area contributed by atoms with Gasteiger partial charge in [-0.2, -0.15) is 0 Å². The second kappa shape index (κ2) is 4.84. The second-order valence-corrected chi connectivity index (χ2v) is 3.62. The van der Waals surface area contributed by atoms with Crippen LogP contribution >= 0.6 is 0 Å². The van der Waals surface area contributed by atoms with Gasteiger partial charge in [0.1, 0.15) is 17.6 Å². The van der Waals surface area contributed by atoms with Crippen molar-refractivity contribution in [1.82, 2.24) is 14.9 Å². The molecule has 0 aromatic carbocycles. The van der Waals surface area contributed by atoms with Gasteiger partial charge >= 0.3 is 5.97 Å². The molecule has 2 aromatic heterocycles. The Balaban J connectivity index is 2.25. The van der Waals surface area contributed by atoms with Crippen LogP contribution in [0.2, 0.25) is 0 Å². The van der Waals surface area contributed by atoms with E-state index in [0.717, 1.165) is 0 Å². The molecule has 2 rings (SSSR count). The molecular weight excluding hydrogens is 222 g/mol. The minimum Gasteiger partial charge on any atom is -0.480 e. The quantitative estimate of drug-likeness (QED) is 0.800. The van der Waals surface area contributed by atoms with E-state index in [1.165, 1.54) is 0 Å². The van der Waals surface area contributed by atoms with Crippen molar-refractivity contribution >= 4 is 5.97 Å². The van der Waals surface area contributed by atoms with Crippen molar-refractivity contribution in [3.63, 3.8) is 0 Å². The minimum atomic E-state index is -0.921. The van der Waals surface area contributed by atoms with Crippen LogP contribution in [-0.4, -0.2) is 27.2 Å². The molecule has 0 aliphatic heterocycles. The molecule has 90 valence electrons. The first-order chi connectivity index (χ1) is 8.18. The van der Waals surface area contributed by atoms with Gasteiger partial charge in [0, 0.05) is 19.4 Å². The number of rotatable bonds is 5. The molecule has 1 unspecified atom stereocenters. The van der Waals surface area contributed by atoms with Crippen molar-refractivity contribution in [3.8, 4) is 0 Å². The first-order valence-electron chi connectivity index (χ1n) is 5.14. The monoisotopic (exact) mass is 235 g/mol. The van der Waals surface area contributed by atoms with Crippen LogP contribution in [0.15, 0.2) is 35.2 Å². The fraction of sp³-hybridized carbons (Fsp3) is 0.273. The van der Waals surface area contributed by atoms with Crippen molar-refractivity contribution in [2.75, 3.05) is 6.54 Å². The number of furan rings is 1. The lowest BCUT2D eigenvalue weighted by Gasteiger charge is -2.15. The summed E-state index contributed by atoms with van der Waals surface area (Å²) in [4.78, 5) is 14.8. The zero-order valence-electron chi connectivity index (χ0n) is 9.33. The van der Waals surface area contributed by atoms with Crippen LogP contribution < -0.4 is 5.32 Å². The molecule has 0 radical (unpaired) electrons. The highest BCUT2D eigenvalue weighted by molar-refractivity contribution is 5.69. The summed E-state index contributed by atoms with van der Waals surface area (Å²) >= 11 is 0. The van der Waals surface area contributed by atoms with Gasteiger partial charge in [-0.1, -0.05) is 0 Å². The molecule has 2 aromatic rings. The van der Waals surface area contributed by atoms with E-state index in [9.17, 15) is 4.79 Å². The summed E-state index contributed by atoms with van der Waals surface area (Å²) in [5, 5.41) is 11.6. The summed E-state index contributed by atoms with van der Waals surface area (Å²) in [6, 6.07) is 3.18. The molecule has 1 atom stereocenters. The van der Waals surface area contributed by atoms with E-state index in [4.69, 9.17) is 9.52 Å². The molecule has 6 nitrogen and oxygen atoms in total. The molecule has 0 saturated carbocycles. The van der Waals surface area contributed by atoms with E-state index in [2.05, 4.69) is 10.3 Å². The zero-order chi connectivity index (χ0) is 12.3. The summed E-state index contributed by atoms with van der Waals surface area (Å²) in [5.74, 6) is 0.428. The summed E-state index contributed by atoms with van der Waals surface area (Å²) in [6.45, 7) is -0.155. The highest BCUT2D eigenvalue weighted by Gasteiger charge is 2.21. The third kappa shape index (κ3) is 2.54. The third-order valence-corrected chi connectivity index (χ3v) is 2.40. The van der Waals surface area contributed by atoms with Crippen LogP contribution in [-0.2, 0) is 11.8 Å². The maximum absolute atomic E-state index is 10.6. The Morgan fingerprint density at radius 2 is 2.53 bits per heavy atom. The fourth-order valence-electron chi connectivity index (χ4n) is 1.62. The molecule has 0 spiro atoms. The van der Waals surface area contributed by atoms with Crippen LogP contribution in [0.1, 0.15) is 17.6 Å². The van der Waals surface area contributed by atoms with Gasteiger partial charge in [0.2, 0.25) is 0 Å². The Kier molecular flexibility index (Phi) is 3.24. The van der Waals surface area contributed by atoms with Crippen molar-refractivity contribution in [2.45, 2.75) is 6.04 Å². The highest BCUT2D eigenvalue weighted by Crippen LogP contribution is 2.20. The molecule has 0 amide bonds. The summed E-state index contributed by atoms with van der Waals surface area (Å²) in [5.41, 5.74) is 0. The molecule has 17 heavy (non-hydrogen) atoms. The fourth-order valence-corrected chi connectivity index (χ4v) is 1.62. The molecule has 6 heteroatoms. The average molecular weight is 235 g/mol. The lowest BCUT2D eigenvalue weighted by molar-refractivity contribution is -0.136. The minimum absolute atomic E-state index is 0.155. The average Bonchev–Trinajstić information content (AvgIpc) is 2.91. The van der Waals surface area contributed by atoms with Crippen LogP contribution in [0, 0.1) is 0 Å². The standard InChI is InChI=1S/C11H13N3O3/c1-14-5-4-12-11(14)10(13-7-9(15)16)8-3-2-6-17-8/h2-6,10,13H,7H2,1H3,(H,15,16). The lowest BCUT2D eigenvalue weighted by atomic mass is 10.2. The topological polar surface area (TPSA) is 80.3 Å². The van der Waals surface area contributed by atoms with E-state index >= 15 is 0 Å². The first kappa shape index (κ1) is 11.4. The largest absolute Gasteiger partial charge is 0.480 e. The van der Waals surface area contributed by atoms with Gasteiger partial charge in [0.15, 0.2) is 0 Å². The molecule has 0 aliphatic carbocycles. The van der Waals surface area contributed by atoms with Gasteiger partial charge in [-0.3, -0.25) is 10.1 Å². The molecule has 0 saturated heterocycles. The maximum atomic E-state index is 10.6. The molecule has 0 fully saturated rings. The summed E-state index contributed by atoms with van der Waals surface area (Å²) in [6.07, 6.45) is 5.01. The number of hydrogen-bond acceptors (Lipinski definition) is 4. The molecule has 2 heterocycles. The lowest BCUT2D eigenvalue weighted by Crippen LogP contribution is -2.29. The molecular formula is C11H13N3O3. The van der Waals surface area contributed by atoms with Crippen LogP contribution in [0.25, 0.3) is 0 Å². The van der Waals surface area contributed by atoms with Gasteiger partial charge in [-0.05, 0) is 12.1 Å². The number of imidazole rings is 1. The number of aromatic nitrogens is 2. The number of nitrogens with one attached hydrogen (secondary N) is 1. The Labute approximate surface area is 97.9 Å². The van der Waals surface area contributed by atoms with Crippen LogP contribution in [0.5, 0.6) is 0 Å².